The highest BCUT2D eigenvalue weighted by molar-refractivity contribution is 9.11. The quantitative estimate of drug-likeness (QED) is 0.136. The summed E-state index contributed by atoms with van der Waals surface area (Å²) in [6.07, 6.45) is -3.02. The third-order valence-electron chi connectivity index (χ3n) is 5.09. The van der Waals surface area contributed by atoms with Gasteiger partial charge >= 0.3 is 6.18 Å². The molecule has 0 fully saturated rings. The topological polar surface area (TPSA) is 75.6 Å². The number of hydrazone groups is 1. The van der Waals surface area contributed by atoms with E-state index in [4.69, 9.17) is 16.3 Å². The lowest BCUT2D eigenvalue weighted by Crippen LogP contribution is -2.19. The molecule has 13 heteroatoms. The Morgan fingerprint density at radius 3 is 2.56 bits per heavy atom. The molecular weight excluding hydrogens is 685 g/mol. The number of aromatic nitrogens is 1. The molecule has 39 heavy (non-hydrogen) atoms. The van der Waals surface area contributed by atoms with E-state index in [1.54, 1.807) is 23.6 Å². The minimum Gasteiger partial charge on any atom is -0.486 e. The fourth-order valence-electron chi connectivity index (χ4n) is 3.28. The molecular formula is C26H18Br2ClF3N4O2S. The van der Waals surface area contributed by atoms with Gasteiger partial charge in [0.05, 0.1) is 32.8 Å². The predicted octanol–water partition coefficient (Wildman–Crippen LogP) is 8.36. The van der Waals surface area contributed by atoms with Crippen LogP contribution in [0.15, 0.2) is 80.1 Å². The van der Waals surface area contributed by atoms with E-state index in [-0.39, 0.29) is 18.7 Å². The Morgan fingerprint density at radius 1 is 1.10 bits per heavy atom. The first kappa shape index (κ1) is 29.1. The van der Waals surface area contributed by atoms with Gasteiger partial charge < -0.3 is 10.1 Å². The number of halogens is 6. The Morgan fingerprint density at radius 2 is 1.85 bits per heavy atom. The van der Waals surface area contributed by atoms with Crippen molar-refractivity contribution in [3.63, 3.8) is 0 Å². The molecule has 0 radical (unpaired) electrons. The fourth-order valence-corrected chi connectivity index (χ4v) is 5.65. The van der Waals surface area contributed by atoms with Crippen molar-refractivity contribution in [1.82, 2.24) is 10.4 Å². The fraction of sp³-hybridized carbons (Fsp3) is 0.115. The molecule has 0 aliphatic carbocycles. The zero-order valence-corrected chi connectivity index (χ0v) is 24.5. The smallest absolute Gasteiger partial charge is 0.416 e. The van der Waals surface area contributed by atoms with E-state index in [1.807, 2.05) is 18.2 Å². The standard InChI is InChI=1S/C26H18Br2ClF3N4O2S/c27-20-8-15(9-21(28)24(20)38-13-16-4-1-2-7-22(16)29)12-33-36-23(37)11-19-14-39-25(35-19)34-18-6-3-5-17(10-18)26(30,31)32/h1-10,12,14H,11,13H2,(H,34,35)(H,36,37)/b33-12-. The molecule has 0 spiro atoms. The van der Waals surface area contributed by atoms with E-state index in [0.717, 1.165) is 17.7 Å². The van der Waals surface area contributed by atoms with Crippen molar-refractivity contribution in [3.8, 4) is 5.75 Å². The Hall–Kier alpha value is -2.93. The van der Waals surface area contributed by atoms with Crippen LogP contribution < -0.4 is 15.5 Å². The van der Waals surface area contributed by atoms with Gasteiger partial charge in [0, 0.05) is 21.7 Å². The number of hydrogen-bond acceptors (Lipinski definition) is 6. The highest BCUT2D eigenvalue weighted by atomic mass is 79.9. The number of benzene rings is 3. The lowest BCUT2D eigenvalue weighted by atomic mass is 10.2. The second-order valence-electron chi connectivity index (χ2n) is 8.01. The molecule has 202 valence electrons. The van der Waals surface area contributed by atoms with E-state index in [9.17, 15) is 18.0 Å². The maximum Gasteiger partial charge on any atom is 0.416 e. The monoisotopic (exact) mass is 700 g/mol. The van der Waals surface area contributed by atoms with Crippen LogP contribution in [-0.2, 0) is 24.0 Å². The highest BCUT2D eigenvalue weighted by Gasteiger charge is 2.30. The lowest BCUT2D eigenvalue weighted by Gasteiger charge is -2.12. The first-order valence-corrected chi connectivity index (χ1v) is 14.0. The van der Waals surface area contributed by atoms with E-state index in [1.165, 1.54) is 29.7 Å². The van der Waals surface area contributed by atoms with Gasteiger partial charge in [0.15, 0.2) is 5.13 Å². The van der Waals surface area contributed by atoms with E-state index in [0.29, 0.717) is 36.1 Å². The van der Waals surface area contributed by atoms with Crippen LogP contribution in [0.3, 0.4) is 0 Å². The number of carbonyl (C=O) groups is 1. The van der Waals surface area contributed by atoms with Crippen LogP contribution >= 0.6 is 54.8 Å². The van der Waals surface area contributed by atoms with Gasteiger partial charge in [0.2, 0.25) is 5.91 Å². The maximum absolute atomic E-state index is 12.9. The summed E-state index contributed by atoms with van der Waals surface area (Å²) in [6.45, 7) is 0.286. The summed E-state index contributed by atoms with van der Waals surface area (Å²) in [5.74, 6) is 0.189. The van der Waals surface area contributed by atoms with Crippen molar-refractivity contribution < 1.29 is 22.7 Å². The number of amides is 1. The number of nitrogens with zero attached hydrogens (tertiary/aromatic N) is 2. The van der Waals surface area contributed by atoms with Crippen molar-refractivity contribution in [2.24, 2.45) is 5.10 Å². The number of rotatable bonds is 9. The van der Waals surface area contributed by atoms with Gasteiger partial charge in [-0.2, -0.15) is 18.3 Å². The normalized spacial score (nSPS) is 11.5. The van der Waals surface area contributed by atoms with Gasteiger partial charge in [-0.15, -0.1) is 11.3 Å². The van der Waals surface area contributed by atoms with Crippen LogP contribution in [0.5, 0.6) is 5.75 Å². The molecule has 1 aromatic heterocycles. The van der Waals surface area contributed by atoms with Crippen molar-refractivity contribution >= 4 is 77.7 Å². The van der Waals surface area contributed by atoms with Crippen LogP contribution in [0.4, 0.5) is 24.0 Å². The summed E-state index contributed by atoms with van der Waals surface area (Å²) in [5.41, 5.74) is 3.92. The van der Waals surface area contributed by atoms with Gasteiger partial charge in [-0.1, -0.05) is 35.9 Å². The first-order valence-electron chi connectivity index (χ1n) is 11.1. The lowest BCUT2D eigenvalue weighted by molar-refractivity contribution is -0.137. The summed E-state index contributed by atoms with van der Waals surface area (Å²) in [6, 6.07) is 15.8. The molecule has 0 bridgehead atoms. The summed E-state index contributed by atoms with van der Waals surface area (Å²) in [5, 5.41) is 9.45. The molecule has 0 aliphatic rings. The van der Waals surface area contributed by atoms with Crippen LogP contribution in [0, 0.1) is 0 Å². The minimum atomic E-state index is -4.44. The molecule has 0 atom stereocenters. The Balaban J connectivity index is 1.30. The number of ether oxygens (including phenoxy) is 1. The third-order valence-corrected chi connectivity index (χ3v) is 7.44. The number of carbonyl (C=O) groups excluding carboxylic acids is 1. The zero-order valence-electron chi connectivity index (χ0n) is 19.7. The van der Waals surface area contributed by atoms with Gasteiger partial charge in [-0.3, -0.25) is 4.79 Å². The SMILES string of the molecule is O=C(Cc1csc(Nc2cccc(C(F)(F)F)c2)n1)N/N=C\c1cc(Br)c(OCc2ccccc2Cl)c(Br)c1. The van der Waals surface area contributed by atoms with Crippen molar-refractivity contribution in [3.05, 3.63) is 102 Å². The maximum atomic E-state index is 12.9. The van der Waals surface area contributed by atoms with Crippen molar-refractivity contribution in [2.45, 2.75) is 19.2 Å². The van der Waals surface area contributed by atoms with E-state index in [2.05, 4.69) is 52.7 Å². The van der Waals surface area contributed by atoms with Crippen LogP contribution in [0.1, 0.15) is 22.4 Å². The van der Waals surface area contributed by atoms with E-state index >= 15 is 0 Å². The molecule has 4 aromatic rings. The van der Waals surface area contributed by atoms with Gasteiger partial charge in [-0.25, -0.2) is 10.4 Å². The molecule has 2 N–H and O–H groups in total. The molecule has 3 aromatic carbocycles. The number of anilines is 2. The van der Waals surface area contributed by atoms with Crippen LogP contribution in [0.25, 0.3) is 0 Å². The van der Waals surface area contributed by atoms with E-state index < -0.39 is 17.6 Å². The van der Waals surface area contributed by atoms with Gasteiger partial charge in [-0.05, 0) is 73.8 Å². The number of nitrogens with one attached hydrogen (secondary N) is 2. The number of hydrogen-bond donors (Lipinski definition) is 2. The van der Waals surface area contributed by atoms with Crippen molar-refractivity contribution in [2.75, 3.05) is 5.32 Å². The Kier molecular flexibility index (Phi) is 9.65. The average molecular weight is 703 g/mol. The number of alkyl halides is 3. The highest BCUT2D eigenvalue weighted by Crippen LogP contribution is 2.35. The van der Waals surface area contributed by atoms with Crippen LogP contribution in [-0.4, -0.2) is 17.1 Å². The molecule has 0 saturated carbocycles. The van der Waals surface area contributed by atoms with Gasteiger partial charge in [0.25, 0.3) is 0 Å². The first-order chi connectivity index (χ1) is 18.6. The summed E-state index contributed by atoms with van der Waals surface area (Å²) in [7, 11) is 0. The zero-order chi connectivity index (χ0) is 28.0. The second kappa shape index (κ2) is 12.9. The minimum absolute atomic E-state index is 0.0552. The molecule has 6 nitrogen and oxygen atoms in total. The Bertz CT molecular complexity index is 1490. The Labute approximate surface area is 247 Å². The van der Waals surface area contributed by atoms with Crippen molar-refractivity contribution in [1.29, 1.82) is 0 Å². The second-order valence-corrected chi connectivity index (χ2v) is 11.0. The average Bonchev–Trinajstić information content (AvgIpc) is 3.30. The molecule has 1 heterocycles. The van der Waals surface area contributed by atoms with Crippen LogP contribution in [0.2, 0.25) is 5.02 Å². The molecule has 1 amide bonds. The summed E-state index contributed by atoms with van der Waals surface area (Å²) < 4.78 is 46.0. The molecule has 0 saturated heterocycles. The molecule has 4 rings (SSSR count). The predicted molar refractivity (Wildman–Crippen MR) is 154 cm³/mol. The third kappa shape index (κ3) is 8.28. The summed E-state index contributed by atoms with van der Waals surface area (Å²) >= 11 is 14.3. The van der Waals surface area contributed by atoms with Gasteiger partial charge in [0.1, 0.15) is 12.4 Å². The summed E-state index contributed by atoms with van der Waals surface area (Å²) in [4.78, 5) is 16.6. The number of thiazole rings is 1. The molecule has 0 aliphatic heterocycles. The largest absolute Gasteiger partial charge is 0.486 e. The molecule has 0 unspecified atom stereocenters.